The van der Waals surface area contributed by atoms with E-state index in [4.69, 9.17) is 0 Å². The Morgan fingerprint density at radius 2 is 1.43 bits per heavy atom. The first kappa shape index (κ1) is 24.4. The predicted molar refractivity (Wildman–Crippen MR) is 171 cm³/mol. The molecule has 1 aliphatic rings. The SMILES string of the molecule is CCn1c2ccccc2c2cc(C=c3cc(-c4ccc(N(C)C)cc4)c4c(c3)-c3ccccc3[N+]=4CC)ccc21. The number of benzene rings is 5. The molecule has 0 unspecified atom stereocenters. The molecule has 0 bridgehead atoms. The largest absolute Gasteiger partial charge is 0.378 e. The van der Waals surface area contributed by atoms with Crippen LogP contribution in [-0.2, 0) is 6.54 Å². The minimum atomic E-state index is 0.925. The average Bonchev–Trinajstić information content (AvgIpc) is 3.48. The van der Waals surface area contributed by atoms with Gasteiger partial charge in [0.15, 0.2) is 0 Å². The lowest BCUT2D eigenvalue weighted by Gasteiger charge is -2.12. The van der Waals surface area contributed by atoms with Crippen molar-refractivity contribution in [1.29, 1.82) is 0 Å². The Morgan fingerprint density at radius 1 is 0.700 bits per heavy atom. The smallest absolute Gasteiger partial charge is 0.221 e. The van der Waals surface area contributed by atoms with Crippen LogP contribution in [0.1, 0.15) is 19.4 Å². The lowest BCUT2D eigenvalue weighted by Crippen LogP contribution is -2.26. The maximum Gasteiger partial charge on any atom is 0.221 e. The zero-order chi connectivity index (χ0) is 27.4. The van der Waals surface area contributed by atoms with Crippen molar-refractivity contribution in [2.24, 2.45) is 0 Å². The van der Waals surface area contributed by atoms with Crippen LogP contribution in [0.2, 0.25) is 0 Å². The van der Waals surface area contributed by atoms with Gasteiger partial charge >= 0.3 is 0 Å². The molecule has 0 aliphatic carbocycles. The first-order chi connectivity index (χ1) is 19.6. The quantitative estimate of drug-likeness (QED) is 0.219. The lowest BCUT2D eigenvalue weighted by atomic mass is 9.97. The van der Waals surface area contributed by atoms with E-state index < -0.39 is 0 Å². The number of hydrogen-bond donors (Lipinski definition) is 0. The summed E-state index contributed by atoms with van der Waals surface area (Å²) in [6, 6.07) is 38.2. The summed E-state index contributed by atoms with van der Waals surface area (Å²) in [6.45, 7) is 6.35. The summed E-state index contributed by atoms with van der Waals surface area (Å²) in [7, 11) is 4.18. The van der Waals surface area contributed by atoms with E-state index in [-0.39, 0.29) is 0 Å². The minimum Gasteiger partial charge on any atom is -0.378 e. The molecule has 40 heavy (non-hydrogen) atoms. The van der Waals surface area contributed by atoms with Gasteiger partial charge in [-0.25, -0.2) is 0 Å². The monoisotopic (exact) mass is 520 g/mol. The fraction of sp³-hybridized carbons (Fsp3) is 0.162. The second-order valence-electron chi connectivity index (χ2n) is 10.8. The molecule has 6 aromatic rings. The van der Waals surface area contributed by atoms with E-state index in [9.17, 15) is 0 Å². The van der Waals surface area contributed by atoms with Crippen LogP contribution in [-0.4, -0.2) is 25.2 Å². The molecule has 3 heteroatoms. The molecule has 0 amide bonds. The summed E-state index contributed by atoms with van der Waals surface area (Å²) in [5.74, 6) is 0. The molecule has 0 spiro atoms. The van der Waals surface area contributed by atoms with Gasteiger partial charge in [0.25, 0.3) is 0 Å². The first-order valence-corrected chi connectivity index (χ1v) is 14.3. The van der Waals surface area contributed by atoms with Gasteiger partial charge in [0.05, 0.1) is 16.7 Å². The van der Waals surface area contributed by atoms with Gasteiger partial charge in [-0.05, 0) is 84.8 Å². The molecule has 0 fully saturated rings. The highest BCUT2D eigenvalue weighted by Gasteiger charge is 2.28. The first-order valence-electron chi connectivity index (χ1n) is 14.3. The van der Waals surface area contributed by atoms with Crippen LogP contribution in [0.15, 0.2) is 103 Å². The van der Waals surface area contributed by atoms with Gasteiger partial charge in [0, 0.05) is 54.2 Å². The molecule has 1 aliphatic heterocycles. The van der Waals surface area contributed by atoms with Crippen molar-refractivity contribution >= 4 is 39.3 Å². The second-order valence-corrected chi connectivity index (χ2v) is 10.8. The van der Waals surface area contributed by atoms with Crippen LogP contribution in [0.25, 0.3) is 50.1 Å². The van der Waals surface area contributed by atoms with Crippen molar-refractivity contribution in [3.63, 3.8) is 0 Å². The fourth-order valence-electron chi connectivity index (χ4n) is 6.48. The highest BCUT2D eigenvalue weighted by Crippen LogP contribution is 2.33. The topological polar surface area (TPSA) is 11.2 Å². The third kappa shape index (κ3) is 3.76. The molecule has 2 heterocycles. The summed E-state index contributed by atoms with van der Waals surface area (Å²) in [4.78, 5) is 2.15. The van der Waals surface area contributed by atoms with E-state index in [1.54, 1.807) is 0 Å². The molecule has 0 N–H and O–H groups in total. The zero-order valence-corrected chi connectivity index (χ0v) is 23.6. The van der Waals surface area contributed by atoms with E-state index >= 15 is 0 Å². The van der Waals surface area contributed by atoms with Crippen molar-refractivity contribution in [3.05, 3.63) is 119 Å². The van der Waals surface area contributed by atoms with Crippen molar-refractivity contribution in [1.82, 2.24) is 9.14 Å². The van der Waals surface area contributed by atoms with Crippen molar-refractivity contribution in [2.45, 2.75) is 20.4 Å². The molecule has 3 nitrogen and oxygen atoms in total. The summed E-state index contributed by atoms with van der Waals surface area (Å²) in [5.41, 5.74) is 11.4. The molecule has 5 aromatic carbocycles. The Labute approximate surface area is 235 Å². The molecule has 196 valence electrons. The van der Waals surface area contributed by atoms with Gasteiger partial charge < -0.3 is 9.47 Å². The molecule has 0 radical (unpaired) electrons. The number of aryl methyl sites for hydroxylation is 1. The van der Waals surface area contributed by atoms with E-state index in [0.717, 1.165) is 13.1 Å². The van der Waals surface area contributed by atoms with Gasteiger partial charge in [0.1, 0.15) is 6.54 Å². The number of nitrogens with zero attached hydrogens (tertiary/aromatic N) is 3. The number of hydrogen-bond acceptors (Lipinski definition) is 1. The molecule has 1 aromatic heterocycles. The van der Waals surface area contributed by atoms with E-state index in [2.05, 4.69) is 151 Å². The molecular formula is C37H34N3+. The average molecular weight is 521 g/mol. The van der Waals surface area contributed by atoms with E-state index in [1.165, 1.54) is 71.6 Å². The normalized spacial score (nSPS) is 12.8. The number of anilines is 1. The highest BCUT2D eigenvalue weighted by molar-refractivity contribution is 6.08. The van der Waals surface area contributed by atoms with Crippen LogP contribution in [0.5, 0.6) is 0 Å². The van der Waals surface area contributed by atoms with Crippen LogP contribution in [0.3, 0.4) is 0 Å². The standard InChI is InChI=1S/C37H34N3/c1-5-39-34-13-9-7-11-29(34)32-22-25(15-20-36(32)39)21-26-23-31(27-16-18-28(19-17-27)38(3)4)37-33(24-26)30-12-8-10-14-35(30)40(37)6-2/h7-24H,5-6H2,1-4H3/q+1. The zero-order valence-electron chi connectivity index (χ0n) is 23.6. The van der Waals surface area contributed by atoms with Gasteiger partial charge in [-0.1, -0.05) is 48.5 Å². The van der Waals surface area contributed by atoms with Crippen LogP contribution < -0.4 is 20.1 Å². The van der Waals surface area contributed by atoms with Crippen LogP contribution in [0, 0.1) is 0 Å². The number of fused-ring (bicyclic) bond motifs is 6. The number of rotatable bonds is 5. The van der Waals surface area contributed by atoms with Crippen LogP contribution >= 0.6 is 0 Å². The molecule has 0 atom stereocenters. The van der Waals surface area contributed by atoms with Gasteiger partial charge in [-0.3, -0.25) is 0 Å². The third-order valence-corrected chi connectivity index (χ3v) is 8.34. The number of aromatic nitrogens is 1. The number of para-hydroxylation sites is 2. The third-order valence-electron chi connectivity index (χ3n) is 8.34. The van der Waals surface area contributed by atoms with Crippen molar-refractivity contribution < 1.29 is 0 Å². The Kier molecular flexibility index (Phi) is 5.82. The molecule has 0 saturated carbocycles. The predicted octanol–water partition coefficient (Wildman–Crippen LogP) is 7.20. The van der Waals surface area contributed by atoms with E-state index in [1.807, 2.05) is 0 Å². The van der Waals surface area contributed by atoms with Gasteiger partial charge in [-0.15, -0.1) is 0 Å². The molecule has 0 saturated heterocycles. The second kappa shape index (κ2) is 9.53. The molecule has 7 rings (SSSR count). The summed E-state index contributed by atoms with van der Waals surface area (Å²) in [6.07, 6.45) is 2.34. The highest BCUT2D eigenvalue weighted by atomic mass is 15.1. The van der Waals surface area contributed by atoms with Gasteiger partial charge in [-0.2, -0.15) is 4.58 Å². The minimum absolute atomic E-state index is 0.925. The summed E-state index contributed by atoms with van der Waals surface area (Å²) < 4.78 is 4.88. The lowest BCUT2D eigenvalue weighted by molar-refractivity contribution is 0.790. The maximum absolute atomic E-state index is 2.47. The van der Waals surface area contributed by atoms with E-state index in [0.29, 0.717) is 0 Å². The Balaban J connectivity index is 1.48. The molecular weight excluding hydrogens is 486 g/mol. The fourth-order valence-corrected chi connectivity index (χ4v) is 6.48. The van der Waals surface area contributed by atoms with Crippen molar-refractivity contribution in [2.75, 3.05) is 25.5 Å². The van der Waals surface area contributed by atoms with Crippen molar-refractivity contribution in [3.8, 4) is 22.3 Å². The van der Waals surface area contributed by atoms with Crippen LogP contribution in [0.4, 0.5) is 11.4 Å². The summed E-state index contributed by atoms with van der Waals surface area (Å²) in [5, 5.41) is 5.16. The Morgan fingerprint density at radius 3 is 2.20 bits per heavy atom. The summed E-state index contributed by atoms with van der Waals surface area (Å²) >= 11 is 0. The Hall–Kier alpha value is -4.63. The maximum atomic E-state index is 2.47. The Bertz CT molecular complexity index is 2040. The van der Waals surface area contributed by atoms with Gasteiger partial charge in [0.2, 0.25) is 11.0 Å².